The molecule has 0 saturated heterocycles. The van der Waals surface area contributed by atoms with Crippen LogP contribution in [0.5, 0.6) is 0 Å². The van der Waals surface area contributed by atoms with Crippen molar-refractivity contribution in [1.29, 1.82) is 0 Å². The van der Waals surface area contributed by atoms with E-state index in [9.17, 15) is 4.79 Å². The van der Waals surface area contributed by atoms with Gasteiger partial charge in [-0.2, -0.15) is 8.75 Å². The summed E-state index contributed by atoms with van der Waals surface area (Å²) in [6.07, 6.45) is 0. The maximum absolute atomic E-state index is 11.8. The van der Waals surface area contributed by atoms with Crippen LogP contribution in [0.15, 0.2) is 18.2 Å². The predicted molar refractivity (Wildman–Crippen MR) is 81.2 cm³/mol. The summed E-state index contributed by atoms with van der Waals surface area (Å²) >= 11 is 6.27. The summed E-state index contributed by atoms with van der Waals surface area (Å²) in [7, 11) is 0. The second kappa shape index (κ2) is 5.18. The minimum Gasteiger partial charge on any atom is -0.331 e. The standard InChI is InChI=1S/C12H14N4OS2/c1-12(2,3)10(17)14-11(18)13-7-5-4-6-8-9(7)16-19-15-8/h4-6H,1-3H3,(H2,13,14,17,18). The highest BCUT2D eigenvalue weighted by Crippen LogP contribution is 2.21. The summed E-state index contributed by atoms with van der Waals surface area (Å²) in [5, 5.41) is 5.90. The number of carbonyl (C=O) groups is 1. The first-order chi connectivity index (χ1) is 8.88. The minimum atomic E-state index is -0.486. The van der Waals surface area contributed by atoms with Crippen LogP contribution in [0, 0.1) is 5.41 Å². The molecule has 2 N–H and O–H groups in total. The summed E-state index contributed by atoms with van der Waals surface area (Å²) in [5.41, 5.74) is 1.81. The number of thiocarbonyl (C=S) groups is 1. The molecule has 0 spiro atoms. The first kappa shape index (κ1) is 13.8. The molecule has 1 aromatic carbocycles. The van der Waals surface area contributed by atoms with Crippen molar-refractivity contribution in [2.24, 2.45) is 5.41 Å². The number of nitrogens with zero attached hydrogens (tertiary/aromatic N) is 2. The van der Waals surface area contributed by atoms with E-state index >= 15 is 0 Å². The Balaban J connectivity index is 2.11. The molecule has 0 unspecified atom stereocenters. The molecule has 0 aliphatic carbocycles. The lowest BCUT2D eigenvalue weighted by Gasteiger charge is -2.18. The van der Waals surface area contributed by atoms with E-state index in [1.807, 2.05) is 39.0 Å². The van der Waals surface area contributed by atoms with Crippen LogP contribution in [-0.2, 0) is 4.79 Å². The Labute approximate surface area is 120 Å². The van der Waals surface area contributed by atoms with Crippen LogP contribution in [0.3, 0.4) is 0 Å². The van der Waals surface area contributed by atoms with Gasteiger partial charge in [-0.3, -0.25) is 4.79 Å². The van der Waals surface area contributed by atoms with Crippen molar-refractivity contribution in [2.45, 2.75) is 20.8 Å². The van der Waals surface area contributed by atoms with Gasteiger partial charge in [-0.1, -0.05) is 26.8 Å². The summed E-state index contributed by atoms with van der Waals surface area (Å²) < 4.78 is 8.34. The van der Waals surface area contributed by atoms with Crippen molar-refractivity contribution in [3.05, 3.63) is 18.2 Å². The molecule has 7 heteroatoms. The highest BCUT2D eigenvalue weighted by atomic mass is 32.1. The zero-order valence-corrected chi connectivity index (χ0v) is 12.5. The molecule has 0 bridgehead atoms. The molecule has 0 fully saturated rings. The van der Waals surface area contributed by atoms with Crippen LogP contribution >= 0.6 is 23.9 Å². The molecule has 0 atom stereocenters. The molecule has 1 heterocycles. The largest absolute Gasteiger partial charge is 0.331 e. The van der Waals surface area contributed by atoms with Gasteiger partial charge in [-0.15, -0.1) is 0 Å². The maximum Gasteiger partial charge on any atom is 0.231 e. The number of anilines is 1. The van der Waals surface area contributed by atoms with E-state index in [4.69, 9.17) is 12.2 Å². The Morgan fingerprint density at radius 2 is 2.05 bits per heavy atom. The highest BCUT2D eigenvalue weighted by Gasteiger charge is 2.22. The molecule has 1 aromatic heterocycles. The second-order valence-corrected chi connectivity index (χ2v) is 6.03. The molecule has 100 valence electrons. The van der Waals surface area contributed by atoms with Gasteiger partial charge >= 0.3 is 0 Å². The van der Waals surface area contributed by atoms with Crippen molar-refractivity contribution in [2.75, 3.05) is 5.32 Å². The monoisotopic (exact) mass is 294 g/mol. The van der Waals surface area contributed by atoms with Gasteiger partial charge in [0.25, 0.3) is 0 Å². The Bertz CT molecular complexity index is 630. The minimum absolute atomic E-state index is 0.131. The fourth-order valence-corrected chi connectivity index (χ4v) is 2.10. The third-order valence-corrected chi connectivity index (χ3v) is 3.19. The topological polar surface area (TPSA) is 66.9 Å². The maximum atomic E-state index is 11.8. The first-order valence-corrected chi connectivity index (χ1v) is 6.85. The van der Waals surface area contributed by atoms with Gasteiger partial charge < -0.3 is 10.6 Å². The van der Waals surface area contributed by atoms with E-state index in [-0.39, 0.29) is 11.0 Å². The normalized spacial score (nSPS) is 11.3. The summed E-state index contributed by atoms with van der Waals surface area (Å²) in [6, 6.07) is 5.58. The molecule has 5 nitrogen and oxygen atoms in total. The SMILES string of the molecule is CC(C)(C)C(=O)NC(=S)Nc1cccc2nsnc12. The van der Waals surface area contributed by atoms with Gasteiger partial charge in [-0.05, 0) is 24.4 Å². The van der Waals surface area contributed by atoms with E-state index in [2.05, 4.69) is 19.4 Å². The van der Waals surface area contributed by atoms with Crippen LogP contribution < -0.4 is 10.6 Å². The molecule has 19 heavy (non-hydrogen) atoms. The number of nitrogens with one attached hydrogen (secondary N) is 2. The Morgan fingerprint density at radius 1 is 1.32 bits per heavy atom. The summed E-state index contributed by atoms with van der Waals surface area (Å²) in [6.45, 7) is 5.49. The molecule has 0 radical (unpaired) electrons. The van der Waals surface area contributed by atoms with Gasteiger partial charge in [0.1, 0.15) is 11.0 Å². The predicted octanol–water partition coefficient (Wildman–Crippen LogP) is 2.55. The number of hydrogen-bond acceptors (Lipinski definition) is 5. The van der Waals surface area contributed by atoms with Crippen LogP contribution in [0.2, 0.25) is 0 Å². The average Bonchev–Trinajstić information content (AvgIpc) is 2.76. The van der Waals surface area contributed by atoms with Crippen molar-refractivity contribution in [3.8, 4) is 0 Å². The molecule has 1 amide bonds. The Morgan fingerprint density at radius 3 is 2.74 bits per heavy atom. The number of benzene rings is 1. The number of amides is 1. The Kier molecular flexibility index (Phi) is 3.77. The molecular formula is C12H14N4OS2. The van der Waals surface area contributed by atoms with E-state index in [0.29, 0.717) is 0 Å². The molecule has 2 aromatic rings. The van der Waals surface area contributed by atoms with E-state index in [1.165, 1.54) is 0 Å². The van der Waals surface area contributed by atoms with E-state index in [1.54, 1.807) is 0 Å². The van der Waals surface area contributed by atoms with Crippen LogP contribution in [0.1, 0.15) is 20.8 Å². The fourth-order valence-electron chi connectivity index (χ4n) is 1.35. The third kappa shape index (κ3) is 3.24. The second-order valence-electron chi connectivity index (χ2n) is 5.10. The molecule has 2 rings (SSSR count). The van der Waals surface area contributed by atoms with Gasteiger partial charge in [0.15, 0.2) is 5.11 Å². The summed E-state index contributed by atoms with van der Waals surface area (Å²) in [5.74, 6) is -0.131. The molecule has 0 aliphatic heterocycles. The lowest BCUT2D eigenvalue weighted by molar-refractivity contribution is -0.126. The van der Waals surface area contributed by atoms with Crippen molar-refractivity contribution >= 4 is 51.7 Å². The van der Waals surface area contributed by atoms with Crippen molar-refractivity contribution in [3.63, 3.8) is 0 Å². The quantitative estimate of drug-likeness (QED) is 0.791. The smallest absolute Gasteiger partial charge is 0.231 e. The molecule has 0 saturated carbocycles. The van der Waals surface area contributed by atoms with Crippen molar-refractivity contribution in [1.82, 2.24) is 14.1 Å². The van der Waals surface area contributed by atoms with E-state index < -0.39 is 5.41 Å². The highest BCUT2D eigenvalue weighted by molar-refractivity contribution is 7.80. The molecule has 0 aliphatic rings. The van der Waals surface area contributed by atoms with Gasteiger partial charge in [0.2, 0.25) is 5.91 Å². The number of hydrogen-bond donors (Lipinski definition) is 2. The van der Waals surface area contributed by atoms with E-state index in [0.717, 1.165) is 28.4 Å². The van der Waals surface area contributed by atoms with Gasteiger partial charge in [-0.25, -0.2) is 0 Å². The number of fused-ring (bicyclic) bond motifs is 1. The van der Waals surface area contributed by atoms with Gasteiger partial charge in [0, 0.05) is 5.41 Å². The zero-order chi connectivity index (χ0) is 14.0. The number of aromatic nitrogens is 2. The lowest BCUT2D eigenvalue weighted by atomic mass is 9.96. The summed E-state index contributed by atoms with van der Waals surface area (Å²) in [4.78, 5) is 11.8. The zero-order valence-electron chi connectivity index (χ0n) is 10.9. The van der Waals surface area contributed by atoms with Crippen LogP contribution in [-0.4, -0.2) is 19.8 Å². The third-order valence-electron chi connectivity index (χ3n) is 2.44. The number of carbonyl (C=O) groups excluding carboxylic acids is 1. The average molecular weight is 294 g/mol. The van der Waals surface area contributed by atoms with Gasteiger partial charge in [0.05, 0.1) is 17.4 Å². The lowest BCUT2D eigenvalue weighted by Crippen LogP contribution is -2.41. The van der Waals surface area contributed by atoms with Crippen LogP contribution in [0.25, 0.3) is 11.0 Å². The molecular weight excluding hydrogens is 280 g/mol. The fraction of sp³-hybridized carbons (Fsp3) is 0.333. The van der Waals surface area contributed by atoms with Crippen molar-refractivity contribution < 1.29 is 4.79 Å². The Hall–Kier alpha value is -1.60. The number of rotatable bonds is 1. The first-order valence-electron chi connectivity index (χ1n) is 5.71. The van der Waals surface area contributed by atoms with Crippen LogP contribution in [0.4, 0.5) is 5.69 Å².